The Balaban J connectivity index is 1.53. The number of hydrogen-bond acceptors (Lipinski definition) is 4. The van der Waals surface area contributed by atoms with Gasteiger partial charge in [0.1, 0.15) is 5.82 Å². The molecule has 5 heteroatoms. The zero-order valence-electron chi connectivity index (χ0n) is 13.9. The second-order valence-electron chi connectivity index (χ2n) is 6.25. The Labute approximate surface area is 146 Å². The zero-order valence-corrected chi connectivity index (χ0v) is 14.7. The number of aromatic nitrogens is 2. The Kier molecular flexibility index (Phi) is 4.47. The average Bonchev–Trinajstić information content (AvgIpc) is 3.25. The highest BCUT2D eigenvalue weighted by Gasteiger charge is 2.27. The number of piperazine rings is 1. The molecule has 0 spiro atoms. The van der Waals surface area contributed by atoms with E-state index in [9.17, 15) is 0 Å². The average molecular weight is 338 g/mol. The molecule has 1 N–H and O–H groups in total. The summed E-state index contributed by atoms with van der Waals surface area (Å²) in [6.45, 7) is 4.03. The molecule has 0 radical (unpaired) electrons. The minimum atomic E-state index is 0.334. The highest BCUT2D eigenvalue weighted by atomic mass is 32.1. The number of rotatable bonds is 4. The van der Waals surface area contributed by atoms with Gasteiger partial charge < -0.3 is 9.88 Å². The van der Waals surface area contributed by atoms with Gasteiger partial charge in [-0.1, -0.05) is 30.3 Å². The molecule has 1 atom stereocenters. The van der Waals surface area contributed by atoms with Crippen LogP contribution in [0, 0.1) is 0 Å². The highest BCUT2D eigenvalue weighted by molar-refractivity contribution is 7.10. The molecular weight excluding hydrogens is 316 g/mol. The molecule has 2 aromatic heterocycles. The van der Waals surface area contributed by atoms with E-state index in [0.29, 0.717) is 6.04 Å². The van der Waals surface area contributed by atoms with Gasteiger partial charge in [-0.05, 0) is 22.6 Å². The Morgan fingerprint density at radius 1 is 1.25 bits per heavy atom. The van der Waals surface area contributed by atoms with Crippen molar-refractivity contribution in [3.8, 4) is 11.1 Å². The summed E-state index contributed by atoms with van der Waals surface area (Å²) in [5.74, 6) is 1.14. The summed E-state index contributed by atoms with van der Waals surface area (Å²) in [4.78, 5) is 8.52. The van der Waals surface area contributed by atoms with Gasteiger partial charge >= 0.3 is 0 Å². The second kappa shape index (κ2) is 6.89. The van der Waals surface area contributed by atoms with E-state index in [1.54, 1.807) is 0 Å². The van der Waals surface area contributed by atoms with E-state index < -0.39 is 0 Å². The van der Waals surface area contributed by atoms with Crippen LogP contribution >= 0.6 is 11.3 Å². The van der Waals surface area contributed by atoms with E-state index in [1.807, 2.05) is 23.7 Å². The molecule has 124 valence electrons. The summed E-state index contributed by atoms with van der Waals surface area (Å²) in [7, 11) is 2.08. The van der Waals surface area contributed by atoms with Crippen LogP contribution in [0.5, 0.6) is 0 Å². The topological polar surface area (TPSA) is 33.1 Å². The first-order chi connectivity index (χ1) is 11.8. The Hall–Kier alpha value is -1.95. The molecule has 4 nitrogen and oxygen atoms in total. The maximum absolute atomic E-state index is 4.57. The van der Waals surface area contributed by atoms with Crippen LogP contribution in [0.2, 0.25) is 0 Å². The fraction of sp³-hybridized carbons (Fsp3) is 0.316. The van der Waals surface area contributed by atoms with Crippen LogP contribution in [-0.2, 0) is 13.6 Å². The van der Waals surface area contributed by atoms with Crippen molar-refractivity contribution in [3.63, 3.8) is 0 Å². The summed E-state index contributed by atoms with van der Waals surface area (Å²) in [5, 5.41) is 5.77. The van der Waals surface area contributed by atoms with Crippen molar-refractivity contribution in [2.45, 2.75) is 12.6 Å². The lowest BCUT2D eigenvalue weighted by molar-refractivity contribution is 0.146. The number of aryl methyl sites for hydroxylation is 1. The predicted molar refractivity (Wildman–Crippen MR) is 99.0 cm³/mol. The lowest BCUT2D eigenvalue weighted by Crippen LogP contribution is -2.46. The van der Waals surface area contributed by atoms with Crippen molar-refractivity contribution in [1.82, 2.24) is 19.8 Å². The quantitative estimate of drug-likeness (QED) is 0.792. The van der Waals surface area contributed by atoms with Gasteiger partial charge in [0.15, 0.2) is 0 Å². The normalized spacial score (nSPS) is 18.8. The Morgan fingerprint density at radius 2 is 2.12 bits per heavy atom. The number of thiophene rings is 1. The molecule has 3 aromatic rings. The van der Waals surface area contributed by atoms with Crippen molar-refractivity contribution in [2.24, 2.45) is 7.05 Å². The van der Waals surface area contributed by atoms with E-state index in [-0.39, 0.29) is 0 Å². The third-order valence-corrected chi connectivity index (χ3v) is 5.55. The SMILES string of the molecule is Cn1ccnc1C1CNCCN1Cc1cc(-c2ccccc2)cs1. The minimum absolute atomic E-state index is 0.334. The van der Waals surface area contributed by atoms with Crippen LogP contribution in [-0.4, -0.2) is 34.1 Å². The molecule has 0 aliphatic carbocycles. The number of nitrogens with one attached hydrogen (secondary N) is 1. The van der Waals surface area contributed by atoms with Gasteiger partial charge in [-0.15, -0.1) is 11.3 Å². The standard InChI is InChI=1S/C19H22N4S/c1-22-9-8-21-19(22)18-12-20-7-10-23(18)13-17-11-16(14-24-17)15-5-3-2-4-6-15/h2-6,8-9,11,14,18,20H,7,10,12-13H2,1H3. The van der Waals surface area contributed by atoms with E-state index >= 15 is 0 Å². The first-order valence-electron chi connectivity index (χ1n) is 8.36. The zero-order chi connectivity index (χ0) is 16.4. The maximum atomic E-state index is 4.57. The Morgan fingerprint density at radius 3 is 2.92 bits per heavy atom. The van der Waals surface area contributed by atoms with Gasteiger partial charge in [0.2, 0.25) is 0 Å². The summed E-state index contributed by atoms with van der Waals surface area (Å²) in [5.41, 5.74) is 2.61. The second-order valence-corrected chi connectivity index (χ2v) is 7.25. The monoisotopic (exact) mass is 338 g/mol. The van der Waals surface area contributed by atoms with Crippen LogP contribution in [0.4, 0.5) is 0 Å². The highest BCUT2D eigenvalue weighted by Crippen LogP contribution is 2.29. The molecule has 24 heavy (non-hydrogen) atoms. The lowest BCUT2D eigenvalue weighted by atomic mass is 10.1. The molecule has 1 saturated heterocycles. The fourth-order valence-corrected chi connectivity index (χ4v) is 4.25. The molecule has 1 fully saturated rings. The van der Waals surface area contributed by atoms with E-state index in [4.69, 9.17) is 0 Å². The molecule has 1 aliphatic rings. The van der Waals surface area contributed by atoms with Crippen molar-refractivity contribution in [1.29, 1.82) is 0 Å². The van der Waals surface area contributed by atoms with Crippen LogP contribution in [0.3, 0.4) is 0 Å². The summed E-state index contributed by atoms with van der Waals surface area (Å²) in [6.07, 6.45) is 3.92. The third-order valence-electron chi connectivity index (χ3n) is 4.63. The van der Waals surface area contributed by atoms with E-state index in [2.05, 4.69) is 68.6 Å². The predicted octanol–water partition coefficient (Wildman–Crippen LogP) is 3.30. The number of benzene rings is 1. The van der Waals surface area contributed by atoms with E-state index in [1.165, 1.54) is 16.0 Å². The summed E-state index contributed by atoms with van der Waals surface area (Å²) < 4.78 is 2.13. The van der Waals surface area contributed by atoms with Gasteiger partial charge in [-0.2, -0.15) is 0 Å². The molecule has 1 unspecified atom stereocenters. The number of imidazole rings is 1. The van der Waals surface area contributed by atoms with Crippen molar-refractivity contribution in [2.75, 3.05) is 19.6 Å². The lowest BCUT2D eigenvalue weighted by Gasteiger charge is -2.35. The number of nitrogens with zero attached hydrogens (tertiary/aromatic N) is 3. The molecular formula is C19H22N4S. The molecule has 3 heterocycles. The van der Waals surface area contributed by atoms with Crippen LogP contribution in [0.25, 0.3) is 11.1 Å². The number of hydrogen-bond donors (Lipinski definition) is 1. The van der Waals surface area contributed by atoms with Gasteiger partial charge in [-0.3, -0.25) is 4.90 Å². The minimum Gasteiger partial charge on any atom is -0.337 e. The smallest absolute Gasteiger partial charge is 0.127 e. The largest absolute Gasteiger partial charge is 0.337 e. The molecule has 0 saturated carbocycles. The third kappa shape index (κ3) is 3.15. The van der Waals surface area contributed by atoms with Gasteiger partial charge in [0.05, 0.1) is 6.04 Å². The van der Waals surface area contributed by atoms with Gasteiger partial charge in [-0.25, -0.2) is 4.98 Å². The maximum Gasteiger partial charge on any atom is 0.127 e. The molecule has 1 aliphatic heterocycles. The van der Waals surface area contributed by atoms with Crippen molar-refractivity contribution < 1.29 is 0 Å². The van der Waals surface area contributed by atoms with Crippen LogP contribution in [0.15, 0.2) is 54.2 Å². The van der Waals surface area contributed by atoms with Crippen molar-refractivity contribution in [3.05, 3.63) is 64.9 Å². The van der Waals surface area contributed by atoms with Crippen molar-refractivity contribution >= 4 is 11.3 Å². The first-order valence-corrected chi connectivity index (χ1v) is 9.24. The molecule has 0 amide bonds. The van der Waals surface area contributed by atoms with Crippen LogP contribution < -0.4 is 5.32 Å². The molecule has 4 rings (SSSR count). The summed E-state index contributed by atoms with van der Waals surface area (Å²) >= 11 is 1.85. The molecule has 1 aromatic carbocycles. The first kappa shape index (κ1) is 15.6. The Bertz CT molecular complexity index is 793. The molecule has 0 bridgehead atoms. The summed E-state index contributed by atoms with van der Waals surface area (Å²) in [6, 6.07) is 13.3. The van der Waals surface area contributed by atoms with Crippen LogP contribution in [0.1, 0.15) is 16.7 Å². The van der Waals surface area contributed by atoms with Gasteiger partial charge in [0, 0.05) is 50.5 Å². The van der Waals surface area contributed by atoms with E-state index in [0.717, 1.165) is 32.0 Å². The fourth-order valence-electron chi connectivity index (χ4n) is 3.33. The van der Waals surface area contributed by atoms with Gasteiger partial charge in [0.25, 0.3) is 0 Å².